The molecule has 3 heterocycles. The highest BCUT2D eigenvalue weighted by Crippen LogP contribution is 2.31. The van der Waals surface area contributed by atoms with Crippen molar-refractivity contribution in [2.24, 2.45) is 5.73 Å². The minimum Gasteiger partial charge on any atom is -0.366 e. The van der Waals surface area contributed by atoms with E-state index < -0.39 is 5.91 Å². The Kier molecular flexibility index (Phi) is 5.53. The van der Waals surface area contributed by atoms with E-state index in [1.165, 1.54) is 0 Å². The van der Waals surface area contributed by atoms with Crippen molar-refractivity contribution in [3.63, 3.8) is 0 Å². The summed E-state index contributed by atoms with van der Waals surface area (Å²) < 4.78 is 1.83. The van der Waals surface area contributed by atoms with Crippen molar-refractivity contribution in [2.45, 2.75) is 45.6 Å². The summed E-state index contributed by atoms with van der Waals surface area (Å²) in [6.45, 7) is 5.95. The molecule has 0 saturated carbocycles. The first-order chi connectivity index (χ1) is 14.5. The molecule has 2 aromatic heterocycles. The van der Waals surface area contributed by atoms with Gasteiger partial charge in [-0.3, -0.25) is 19.3 Å². The van der Waals surface area contributed by atoms with Gasteiger partial charge in [0.1, 0.15) is 0 Å². The third-order valence-corrected chi connectivity index (χ3v) is 5.74. The summed E-state index contributed by atoms with van der Waals surface area (Å²) in [7, 11) is 0. The number of fused-ring (bicyclic) bond motifs is 1. The van der Waals surface area contributed by atoms with Gasteiger partial charge in [0.25, 0.3) is 11.8 Å². The quantitative estimate of drug-likeness (QED) is 0.705. The molecule has 7 nitrogen and oxygen atoms in total. The largest absolute Gasteiger partial charge is 0.366 e. The van der Waals surface area contributed by atoms with Crippen LogP contribution in [0.25, 0.3) is 10.9 Å². The van der Waals surface area contributed by atoms with Crippen LogP contribution in [0.1, 0.15) is 64.2 Å². The number of carbonyl (C=O) groups excluding carboxylic acids is 2. The van der Waals surface area contributed by atoms with Crippen molar-refractivity contribution in [3.8, 4) is 0 Å². The van der Waals surface area contributed by atoms with Gasteiger partial charge in [0.05, 0.1) is 28.0 Å². The minimum atomic E-state index is -0.483. The maximum Gasteiger partial charge on any atom is 0.257 e. The van der Waals surface area contributed by atoms with E-state index >= 15 is 0 Å². The van der Waals surface area contributed by atoms with Gasteiger partial charge in [-0.15, -0.1) is 0 Å². The van der Waals surface area contributed by atoms with Crippen LogP contribution in [0.2, 0.25) is 0 Å². The van der Waals surface area contributed by atoms with Crippen LogP contribution in [-0.2, 0) is 6.54 Å². The summed E-state index contributed by atoms with van der Waals surface area (Å²) in [6.07, 6.45) is 4.52. The second-order valence-electron chi connectivity index (χ2n) is 7.96. The standard InChI is InChI=1S/C23H27N5O2/c1-3-10-28-14-19(15(2)26-28)23(30)27-11-6-8-17(13-27)21-18(22(24)29)12-16-7-4-5-9-20(16)25-21/h4-5,7,9,12,14,17H,3,6,8,10-11,13H2,1-2H3,(H2,24,29). The summed E-state index contributed by atoms with van der Waals surface area (Å²) >= 11 is 0. The topological polar surface area (TPSA) is 94.1 Å². The van der Waals surface area contributed by atoms with Crippen LogP contribution in [-0.4, -0.2) is 44.6 Å². The van der Waals surface area contributed by atoms with Crippen molar-refractivity contribution in [2.75, 3.05) is 13.1 Å². The zero-order valence-corrected chi connectivity index (χ0v) is 17.5. The molecule has 1 aromatic carbocycles. The first-order valence-electron chi connectivity index (χ1n) is 10.5. The summed E-state index contributed by atoms with van der Waals surface area (Å²) in [5.41, 5.74) is 9.04. The number of nitrogens with zero attached hydrogens (tertiary/aromatic N) is 4. The molecule has 1 unspecified atom stereocenters. The monoisotopic (exact) mass is 405 g/mol. The third kappa shape index (κ3) is 3.79. The number of aryl methyl sites for hydroxylation is 2. The Morgan fingerprint density at radius 3 is 2.80 bits per heavy atom. The summed E-state index contributed by atoms with van der Waals surface area (Å²) in [4.78, 5) is 32.0. The van der Waals surface area contributed by atoms with Crippen LogP contribution < -0.4 is 5.73 Å². The first kappa shape index (κ1) is 20.1. The molecule has 1 atom stereocenters. The predicted molar refractivity (Wildman–Crippen MR) is 115 cm³/mol. The molecule has 1 saturated heterocycles. The van der Waals surface area contributed by atoms with E-state index in [1.807, 2.05) is 53.0 Å². The molecule has 7 heteroatoms. The number of para-hydroxylation sites is 1. The molecule has 0 spiro atoms. The Hall–Kier alpha value is -3.22. The Labute approximate surface area is 175 Å². The number of rotatable bonds is 5. The maximum absolute atomic E-state index is 13.2. The van der Waals surface area contributed by atoms with Gasteiger partial charge in [-0.2, -0.15) is 5.10 Å². The molecule has 3 aromatic rings. The number of hydrogen-bond acceptors (Lipinski definition) is 4. The number of benzene rings is 1. The van der Waals surface area contributed by atoms with E-state index in [-0.39, 0.29) is 11.8 Å². The van der Waals surface area contributed by atoms with Gasteiger partial charge < -0.3 is 10.6 Å². The number of carbonyl (C=O) groups is 2. The average Bonchev–Trinajstić information content (AvgIpc) is 3.12. The molecule has 1 aliphatic rings. The van der Waals surface area contributed by atoms with E-state index in [4.69, 9.17) is 10.7 Å². The van der Waals surface area contributed by atoms with Crippen LogP contribution in [0, 0.1) is 6.92 Å². The number of likely N-dealkylation sites (tertiary alicyclic amines) is 1. The average molecular weight is 406 g/mol. The molecule has 2 N–H and O–H groups in total. The van der Waals surface area contributed by atoms with Crippen LogP contribution in [0.3, 0.4) is 0 Å². The molecule has 0 bridgehead atoms. The van der Waals surface area contributed by atoms with Gasteiger partial charge in [-0.25, -0.2) is 0 Å². The number of primary amides is 1. The highest BCUT2D eigenvalue weighted by Gasteiger charge is 2.30. The Bertz CT molecular complexity index is 1100. The predicted octanol–water partition coefficient (Wildman–Crippen LogP) is 3.27. The van der Waals surface area contributed by atoms with Crippen molar-refractivity contribution in [1.29, 1.82) is 0 Å². The molecule has 4 rings (SSSR count). The molecule has 156 valence electrons. The molecular formula is C23H27N5O2. The highest BCUT2D eigenvalue weighted by molar-refractivity contribution is 5.98. The van der Waals surface area contributed by atoms with Crippen molar-refractivity contribution < 1.29 is 9.59 Å². The van der Waals surface area contributed by atoms with E-state index in [2.05, 4.69) is 12.0 Å². The van der Waals surface area contributed by atoms with Gasteiger partial charge in [-0.05, 0) is 38.3 Å². The Morgan fingerprint density at radius 2 is 2.03 bits per heavy atom. The van der Waals surface area contributed by atoms with E-state index in [0.29, 0.717) is 29.9 Å². The Balaban J connectivity index is 1.63. The molecule has 1 fully saturated rings. The number of piperidine rings is 1. The molecule has 2 amide bonds. The molecular weight excluding hydrogens is 378 g/mol. The fourth-order valence-corrected chi connectivity index (χ4v) is 4.27. The van der Waals surface area contributed by atoms with Crippen LogP contribution in [0.5, 0.6) is 0 Å². The lowest BCUT2D eigenvalue weighted by Gasteiger charge is -2.33. The number of aromatic nitrogens is 3. The summed E-state index contributed by atoms with van der Waals surface area (Å²) in [6, 6.07) is 9.51. The lowest BCUT2D eigenvalue weighted by atomic mass is 9.90. The Morgan fingerprint density at radius 1 is 1.23 bits per heavy atom. The molecule has 30 heavy (non-hydrogen) atoms. The van der Waals surface area contributed by atoms with Crippen LogP contribution >= 0.6 is 0 Å². The number of amides is 2. The minimum absolute atomic E-state index is 0.0130. The molecule has 0 aliphatic carbocycles. The zero-order valence-electron chi connectivity index (χ0n) is 17.5. The van der Waals surface area contributed by atoms with Crippen molar-refractivity contribution >= 4 is 22.7 Å². The van der Waals surface area contributed by atoms with Gasteiger partial charge in [-0.1, -0.05) is 25.1 Å². The summed E-state index contributed by atoms with van der Waals surface area (Å²) in [5, 5.41) is 5.35. The van der Waals surface area contributed by atoms with Crippen molar-refractivity contribution in [3.05, 3.63) is 59.0 Å². The fraction of sp³-hybridized carbons (Fsp3) is 0.391. The normalized spacial score (nSPS) is 16.7. The number of nitrogens with two attached hydrogens (primary N) is 1. The van der Waals surface area contributed by atoms with Gasteiger partial charge in [0.15, 0.2) is 0 Å². The van der Waals surface area contributed by atoms with Gasteiger partial charge in [0, 0.05) is 37.1 Å². The smallest absolute Gasteiger partial charge is 0.257 e. The molecule has 0 radical (unpaired) electrons. The van der Waals surface area contributed by atoms with E-state index in [1.54, 1.807) is 0 Å². The van der Waals surface area contributed by atoms with E-state index in [9.17, 15) is 9.59 Å². The second-order valence-corrected chi connectivity index (χ2v) is 7.96. The maximum atomic E-state index is 13.2. The highest BCUT2D eigenvalue weighted by atomic mass is 16.2. The SMILES string of the molecule is CCCn1cc(C(=O)N2CCCC(c3nc4ccccc4cc3C(N)=O)C2)c(C)n1. The molecule has 1 aliphatic heterocycles. The zero-order chi connectivity index (χ0) is 21.3. The first-order valence-corrected chi connectivity index (χ1v) is 10.5. The fourth-order valence-electron chi connectivity index (χ4n) is 4.27. The van der Waals surface area contributed by atoms with E-state index in [0.717, 1.165) is 42.4 Å². The van der Waals surface area contributed by atoms with Gasteiger partial charge >= 0.3 is 0 Å². The third-order valence-electron chi connectivity index (χ3n) is 5.74. The number of hydrogen-bond donors (Lipinski definition) is 1. The lowest BCUT2D eigenvalue weighted by Crippen LogP contribution is -2.40. The van der Waals surface area contributed by atoms with Crippen molar-refractivity contribution in [1.82, 2.24) is 19.7 Å². The van der Waals surface area contributed by atoms with Crippen LogP contribution in [0.15, 0.2) is 36.5 Å². The lowest BCUT2D eigenvalue weighted by molar-refractivity contribution is 0.0705. The van der Waals surface area contributed by atoms with Gasteiger partial charge in [0.2, 0.25) is 0 Å². The van der Waals surface area contributed by atoms with Crippen LogP contribution in [0.4, 0.5) is 0 Å². The second kappa shape index (κ2) is 8.26. The summed E-state index contributed by atoms with van der Waals surface area (Å²) in [5.74, 6) is -0.523. The number of pyridine rings is 1.